The van der Waals surface area contributed by atoms with E-state index in [1.807, 2.05) is 24.3 Å². The van der Waals surface area contributed by atoms with E-state index in [1.54, 1.807) is 0 Å². The van der Waals surface area contributed by atoms with Crippen molar-refractivity contribution in [2.45, 2.75) is 36.5 Å². The number of amides is 4. The average molecular weight is 440 g/mol. The molecule has 0 saturated carbocycles. The fraction of sp³-hybridized carbons (Fsp3) is 0.636. The topological polar surface area (TPSA) is 117 Å². The Kier molecular flexibility index (Phi) is 3.92. The Morgan fingerprint density at radius 3 is 1.22 bits per heavy atom. The minimum Gasteiger partial charge on any atom is -0.365 e. The van der Waals surface area contributed by atoms with Crippen molar-refractivity contribution in [2.75, 3.05) is 26.2 Å². The number of carbonyl (C=O) groups excluding carboxylic acids is 4. The van der Waals surface area contributed by atoms with Gasteiger partial charge in [0.25, 0.3) is 0 Å². The minimum atomic E-state index is -0.633. The molecule has 0 spiro atoms. The van der Waals surface area contributed by atoms with E-state index < -0.39 is 35.8 Å². The maximum atomic E-state index is 13.4. The largest absolute Gasteiger partial charge is 0.365 e. The number of fused-ring (bicyclic) bond motifs is 10. The molecule has 168 valence electrons. The van der Waals surface area contributed by atoms with E-state index in [9.17, 15) is 19.2 Å². The molecule has 4 amide bonds. The number of hydrogen-bond donors (Lipinski definition) is 2. The maximum Gasteiger partial charge on any atom is 0.236 e. The van der Waals surface area contributed by atoms with Crippen molar-refractivity contribution in [1.29, 1.82) is 0 Å². The van der Waals surface area contributed by atoms with Crippen LogP contribution in [-0.4, -0.2) is 96.1 Å². The molecule has 7 aliphatic heterocycles. The second kappa shape index (κ2) is 6.57. The molecule has 10 unspecified atom stereocenters. The van der Waals surface area contributed by atoms with Gasteiger partial charge in [0.05, 0.1) is 60.2 Å². The molecule has 32 heavy (non-hydrogen) atoms. The van der Waals surface area contributed by atoms with Crippen molar-refractivity contribution in [3.05, 3.63) is 24.3 Å². The van der Waals surface area contributed by atoms with Crippen LogP contribution >= 0.6 is 0 Å². The van der Waals surface area contributed by atoms with E-state index in [-0.39, 0.29) is 48.0 Å². The Bertz CT molecular complexity index is 857. The number of carbonyl (C=O) groups is 4. The van der Waals surface area contributed by atoms with Gasteiger partial charge in [0, 0.05) is 26.2 Å². The summed E-state index contributed by atoms with van der Waals surface area (Å²) < 4.78 is 11.5. The predicted molar refractivity (Wildman–Crippen MR) is 107 cm³/mol. The normalized spacial score (nSPS) is 48.8. The van der Waals surface area contributed by atoms with E-state index in [0.717, 1.165) is 0 Å². The van der Waals surface area contributed by atoms with Gasteiger partial charge >= 0.3 is 0 Å². The Morgan fingerprint density at radius 1 is 0.594 bits per heavy atom. The molecule has 0 aromatic rings. The van der Waals surface area contributed by atoms with Crippen LogP contribution in [0.2, 0.25) is 0 Å². The van der Waals surface area contributed by atoms with Crippen LogP contribution in [0.15, 0.2) is 24.3 Å². The Balaban J connectivity index is 1.24. The smallest absolute Gasteiger partial charge is 0.236 e. The van der Waals surface area contributed by atoms with E-state index in [4.69, 9.17) is 9.47 Å². The summed E-state index contributed by atoms with van der Waals surface area (Å²) in [4.78, 5) is 56.4. The Labute approximate surface area is 183 Å². The highest BCUT2D eigenvalue weighted by Crippen LogP contribution is 2.48. The summed E-state index contributed by atoms with van der Waals surface area (Å²) in [5.74, 6) is -3.14. The highest BCUT2D eigenvalue weighted by molar-refractivity contribution is 6.09. The zero-order chi connectivity index (χ0) is 21.7. The standard InChI is InChI=1S/C22H24N4O6/c27-19-15-11-1-2-12(31-11)16(15)20(28)25(19)9-7-23-5-6-24-8-10(9)26-21(29)17-13-3-4-14(32-13)18(17)22(26)30/h1-4,9-18,23-24H,5-8H2. The van der Waals surface area contributed by atoms with Gasteiger partial charge in [-0.05, 0) is 0 Å². The molecule has 0 aromatic heterocycles. The van der Waals surface area contributed by atoms with Crippen LogP contribution in [0.1, 0.15) is 0 Å². The van der Waals surface area contributed by atoms with Gasteiger partial charge in [0.1, 0.15) is 0 Å². The van der Waals surface area contributed by atoms with Gasteiger partial charge in [-0.1, -0.05) is 24.3 Å². The summed E-state index contributed by atoms with van der Waals surface area (Å²) in [5, 5.41) is 6.56. The fourth-order valence-electron chi connectivity index (χ4n) is 6.78. The van der Waals surface area contributed by atoms with Crippen LogP contribution < -0.4 is 10.6 Å². The molecule has 7 heterocycles. The predicted octanol–water partition coefficient (Wildman–Crippen LogP) is -2.21. The van der Waals surface area contributed by atoms with Gasteiger partial charge in [-0.2, -0.15) is 0 Å². The van der Waals surface area contributed by atoms with Crippen molar-refractivity contribution in [1.82, 2.24) is 20.4 Å². The minimum absolute atomic E-state index is 0.265. The number of nitrogens with zero attached hydrogens (tertiary/aromatic N) is 2. The molecular formula is C22H24N4O6. The van der Waals surface area contributed by atoms with Crippen molar-refractivity contribution >= 4 is 23.6 Å². The molecule has 0 aromatic carbocycles. The molecule has 0 aliphatic carbocycles. The molecule has 7 aliphatic rings. The molecule has 0 radical (unpaired) electrons. The third kappa shape index (κ3) is 2.28. The SMILES string of the molecule is O=C1C2C3C=CC(O3)C2C(=O)N1C1CNCCNCC1N1C(=O)C2C3C=CC(O3)C2C1=O. The van der Waals surface area contributed by atoms with Crippen LogP contribution in [0.4, 0.5) is 0 Å². The van der Waals surface area contributed by atoms with Crippen LogP contribution in [0.3, 0.4) is 0 Å². The first-order chi connectivity index (χ1) is 15.6. The molecule has 10 heteroatoms. The molecule has 7 rings (SSSR count). The lowest BCUT2D eigenvalue weighted by molar-refractivity contribution is -0.154. The highest BCUT2D eigenvalue weighted by Gasteiger charge is 2.65. The van der Waals surface area contributed by atoms with Crippen molar-refractivity contribution in [2.24, 2.45) is 23.7 Å². The van der Waals surface area contributed by atoms with E-state index in [0.29, 0.717) is 26.2 Å². The van der Waals surface area contributed by atoms with Crippen molar-refractivity contribution < 1.29 is 28.7 Å². The number of nitrogens with one attached hydrogen (secondary N) is 2. The molecule has 2 N–H and O–H groups in total. The summed E-state index contributed by atoms with van der Waals surface area (Å²) in [6, 6.07) is -1.27. The number of hydrogen-bond acceptors (Lipinski definition) is 8. The Hall–Kier alpha value is -2.40. The first-order valence-corrected chi connectivity index (χ1v) is 11.4. The molecule has 10 nitrogen and oxygen atoms in total. The zero-order valence-electron chi connectivity index (χ0n) is 17.3. The van der Waals surface area contributed by atoms with Gasteiger partial charge in [0.2, 0.25) is 23.6 Å². The summed E-state index contributed by atoms with van der Waals surface area (Å²) in [7, 11) is 0. The average Bonchev–Trinajstić information content (AvgIpc) is 3.58. The van der Waals surface area contributed by atoms with Gasteiger partial charge in [0.15, 0.2) is 0 Å². The molecule has 10 atom stereocenters. The third-order valence-corrected chi connectivity index (χ3v) is 8.18. The fourth-order valence-corrected chi connectivity index (χ4v) is 6.78. The van der Waals surface area contributed by atoms with Crippen LogP contribution in [0, 0.1) is 23.7 Å². The lowest BCUT2D eigenvalue weighted by Gasteiger charge is -2.40. The van der Waals surface area contributed by atoms with E-state index >= 15 is 0 Å². The third-order valence-electron chi connectivity index (χ3n) is 8.18. The molecule has 5 saturated heterocycles. The van der Waals surface area contributed by atoms with Gasteiger partial charge < -0.3 is 20.1 Å². The zero-order valence-corrected chi connectivity index (χ0v) is 17.3. The lowest BCUT2D eigenvalue weighted by Crippen LogP contribution is -2.64. The lowest BCUT2D eigenvalue weighted by atomic mass is 9.85. The molecular weight excluding hydrogens is 416 g/mol. The van der Waals surface area contributed by atoms with E-state index in [2.05, 4.69) is 10.6 Å². The maximum absolute atomic E-state index is 13.4. The quantitative estimate of drug-likeness (QED) is 0.367. The summed E-state index contributed by atoms with van der Waals surface area (Å²) in [6.07, 6.45) is 5.91. The van der Waals surface area contributed by atoms with Gasteiger partial charge in [-0.3, -0.25) is 29.0 Å². The van der Waals surface area contributed by atoms with Gasteiger partial charge in [-0.25, -0.2) is 0 Å². The monoisotopic (exact) mass is 440 g/mol. The van der Waals surface area contributed by atoms with Crippen LogP contribution in [0.5, 0.6) is 0 Å². The second-order valence-electron chi connectivity index (χ2n) is 9.64. The van der Waals surface area contributed by atoms with Crippen LogP contribution in [0.25, 0.3) is 0 Å². The number of ether oxygens (including phenoxy) is 2. The summed E-state index contributed by atoms with van der Waals surface area (Å²) in [6.45, 7) is 2.00. The van der Waals surface area contributed by atoms with E-state index in [1.165, 1.54) is 9.80 Å². The summed E-state index contributed by atoms with van der Waals surface area (Å²) in [5.41, 5.74) is 0. The van der Waals surface area contributed by atoms with Crippen LogP contribution in [-0.2, 0) is 28.7 Å². The molecule has 5 fully saturated rings. The van der Waals surface area contributed by atoms with Gasteiger partial charge in [-0.15, -0.1) is 0 Å². The molecule has 4 bridgehead atoms. The first kappa shape index (κ1) is 19.1. The van der Waals surface area contributed by atoms with Crippen molar-refractivity contribution in [3.8, 4) is 0 Å². The second-order valence-corrected chi connectivity index (χ2v) is 9.64. The number of likely N-dealkylation sites (tertiary alicyclic amines) is 2. The first-order valence-electron chi connectivity index (χ1n) is 11.4. The number of imide groups is 2. The summed E-state index contributed by atoms with van der Waals surface area (Å²) >= 11 is 0. The highest BCUT2D eigenvalue weighted by atomic mass is 16.5. The number of rotatable bonds is 2. The Morgan fingerprint density at radius 2 is 0.906 bits per heavy atom. The van der Waals surface area contributed by atoms with Crippen molar-refractivity contribution in [3.63, 3.8) is 0 Å².